The van der Waals surface area contributed by atoms with Crippen molar-refractivity contribution in [3.8, 4) is 11.4 Å². The van der Waals surface area contributed by atoms with Crippen LogP contribution in [-0.4, -0.2) is 38.0 Å². The molecule has 1 heterocycles. The van der Waals surface area contributed by atoms with Gasteiger partial charge in [0.05, 0.1) is 5.25 Å². The molecule has 0 bridgehead atoms. The molecule has 0 aliphatic rings. The minimum atomic E-state index is -0.323. The number of hydrogen-bond donors (Lipinski definition) is 1. The molecule has 3 aromatic rings. The minimum Gasteiger partial charge on any atom is -0.340 e. The average Bonchev–Trinajstić information content (AvgIpc) is 3.03. The van der Waals surface area contributed by atoms with Gasteiger partial charge in [0.1, 0.15) is 0 Å². The van der Waals surface area contributed by atoms with Gasteiger partial charge in [-0.1, -0.05) is 71.9 Å². The van der Waals surface area contributed by atoms with Gasteiger partial charge >= 0.3 is 0 Å². The smallest absolute Gasteiger partial charge is 0.235 e. The SMILES string of the molecule is Cc1ccc(-c2nnc(S[C@@H](C)C(=O)N(C)Cc3ccccc3)n2N)cc1. The van der Waals surface area contributed by atoms with Gasteiger partial charge in [-0.3, -0.25) is 4.79 Å². The molecule has 0 saturated carbocycles. The van der Waals surface area contributed by atoms with Gasteiger partial charge in [0.15, 0.2) is 5.82 Å². The topological polar surface area (TPSA) is 77.0 Å². The van der Waals surface area contributed by atoms with E-state index in [4.69, 9.17) is 5.84 Å². The number of carbonyl (C=O) groups is 1. The monoisotopic (exact) mass is 381 g/mol. The fraction of sp³-hybridized carbons (Fsp3) is 0.250. The predicted molar refractivity (Wildman–Crippen MR) is 109 cm³/mol. The van der Waals surface area contributed by atoms with Gasteiger partial charge in [-0.05, 0) is 19.4 Å². The van der Waals surface area contributed by atoms with Crippen LogP contribution >= 0.6 is 11.8 Å². The van der Waals surface area contributed by atoms with Crippen molar-refractivity contribution in [3.05, 3.63) is 65.7 Å². The molecule has 0 radical (unpaired) electrons. The first kappa shape index (κ1) is 19.0. The fourth-order valence-electron chi connectivity index (χ4n) is 2.71. The van der Waals surface area contributed by atoms with E-state index >= 15 is 0 Å². The van der Waals surface area contributed by atoms with Crippen LogP contribution in [0.4, 0.5) is 0 Å². The van der Waals surface area contributed by atoms with Crippen LogP contribution in [0.2, 0.25) is 0 Å². The molecule has 3 rings (SSSR count). The van der Waals surface area contributed by atoms with Crippen molar-refractivity contribution in [2.45, 2.75) is 30.8 Å². The Morgan fingerprint density at radius 2 is 1.81 bits per heavy atom. The Kier molecular flexibility index (Phi) is 5.81. The van der Waals surface area contributed by atoms with Gasteiger partial charge < -0.3 is 10.7 Å². The van der Waals surface area contributed by atoms with Gasteiger partial charge in [0, 0.05) is 19.2 Å². The second-order valence-electron chi connectivity index (χ2n) is 6.48. The Labute approximate surface area is 163 Å². The van der Waals surface area contributed by atoms with Gasteiger partial charge in [0.2, 0.25) is 11.1 Å². The second kappa shape index (κ2) is 8.26. The maximum Gasteiger partial charge on any atom is 0.235 e. The molecule has 1 aromatic heterocycles. The molecule has 6 nitrogen and oxygen atoms in total. The average molecular weight is 382 g/mol. The van der Waals surface area contributed by atoms with E-state index in [1.165, 1.54) is 16.4 Å². The molecule has 2 N–H and O–H groups in total. The first-order valence-corrected chi connectivity index (χ1v) is 9.56. The zero-order chi connectivity index (χ0) is 19.4. The van der Waals surface area contributed by atoms with Crippen LogP contribution < -0.4 is 5.84 Å². The van der Waals surface area contributed by atoms with Crippen LogP contribution in [0.1, 0.15) is 18.1 Å². The highest BCUT2D eigenvalue weighted by Crippen LogP contribution is 2.26. The lowest BCUT2D eigenvalue weighted by Gasteiger charge is -2.21. The minimum absolute atomic E-state index is 0.0174. The van der Waals surface area contributed by atoms with Crippen LogP contribution in [0.15, 0.2) is 59.8 Å². The molecule has 0 saturated heterocycles. The van der Waals surface area contributed by atoms with E-state index in [2.05, 4.69) is 10.2 Å². The van der Waals surface area contributed by atoms with Gasteiger partial charge in [-0.2, -0.15) is 0 Å². The van der Waals surface area contributed by atoms with Crippen LogP contribution in [0, 0.1) is 6.92 Å². The molecular weight excluding hydrogens is 358 g/mol. The summed E-state index contributed by atoms with van der Waals surface area (Å²) >= 11 is 1.31. The van der Waals surface area contributed by atoms with Gasteiger partial charge in [-0.25, -0.2) is 4.68 Å². The van der Waals surface area contributed by atoms with E-state index < -0.39 is 0 Å². The van der Waals surface area contributed by atoms with Crippen LogP contribution in [0.3, 0.4) is 0 Å². The first-order valence-electron chi connectivity index (χ1n) is 8.69. The summed E-state index contributed by atoms with van der Waals surface area (Å²) < 4.78 is 1.44. The van der Waals surface area contributed by atoms with E-state index in [0.29, 0.717) is 17.5 Å². The van der Waals surface area contributed by atoms with E-state index in [1.54, 1.807) is 11.9 Å². The van der Waals surface area contributed by atoms with E-state index in [9.17, 15) is 4.79 Å². The zero-order valence-corrected chi connectivity index (χ0v) is 16.5. The quantitative estimate of drug-likeness (QED) is 0.524. The van der Waals surface area contributed by atoms with Crippen molar-refractivity contribution in [2.75, 3.05) is 12.9 Å². The number of nitrogen functional groups attached to an aromatic ring is 1. The number of nitrogens with two attached hydrogens (primary N) is 1. The number of benzene rings is 2. The maximum absolute atomic E-state index is 12.7. The van der Waals surface area contributed by atoms with Crippen LogP contribution in [-0.2, 0) is 11.3 Å². The third kappa shape index (κ3) is 4.49. The number of hydrogen-bond acceptors (Lipinski definition) is 5. The fourth-order valence-corrected chi connectivity index (χ4v) is 3.60. The summed E-state index contributed by atoms with van der Waals surface area (Å²) in [6.45, 7) is 4.45. The summed E-state index contributed by atoms with van der Waals surface area (Å²) in [7, 11) is 1.80. The number of carbonyl (C=O) groups excluding carboxylic acids is 1. The largest absolute Gasteiger partial charge is 0.340 e. The second-order valence-corrected chi connectivity index (χ2v) is 7.79. The summed E-state index contributed by atoms with van der Waals surface area (Å²) in [6, 6.07) is 17.8. The maximum atomic E-state index is 12.7. The van der Waals surface area contributed by atoms with Crippen molar-refractivity contribution < 1.29 is 4.79 Å². The molecule has 1 atom stereocenters. The molecule has 140 valence electrons. The molecule has 7 heteroatoms. The summed E-state index contributed by atoms with van der Waals surface area (Å²) in [6.07, 6.45) is 0. The number of rotatable bonds is 6. The van der Waals surface area contributed by atoms with E-state index in [-0.39, 0.29) is 11.2 Å². The third-order valence-electron chi connectivity index (χ3n) is 4.24. The van der Waals surface area contributed by atoms with E-state index in [0.717, 1.165) is 16.7 Å². The molecule has 0 aliphatic carbocycles. The summed E-state index contributed by atoms with van der Waals surface area (Å²) in [5, 5.41) is 8.53. The third-order valence-corrected chi connectivity index (χ3v) is 5.29. The molecule has 0 fully saturated rings. The Morgan fingerprint density at radius 1 is 1.15 bits per heavy atom. The van der Waals surface area contributed by atoms with Crippen molar-refractivity contribution in [3.63, 3.8) is 0 Å². The summed E-state index contributed by atoms with van der Waals surface area (Å²) in [5.41, 5.74) is 3.15. The number of thioether (sulfide) groups is 1. The lowest BCUT2D eigenvalue weighted by atomic mass is 10.1. The van der Waals surface area contributed by atoms with Crippen molar-refractivity contribution in [1.29, 1.82) is 0 Å². The Morgan fingerprint density at radius 3 is 2.48 bits per heavy atom. The molecule has 0 aliphatic heterocycles. The van der Waals surface area contributed by atoms with Crippen molar-refractivity contribution >= 4 is 17.7 Å². The number of nitrogens with zero attached hydrogens (tertiary/aromatic N) is 4. The van der Waals surface area contributed by atoms with Crippen molar-refractivity contribution in [2.24, 2.45) is 0 Å². The number of amides is 1. The van der Waals surface area contributed by atoms with Gasteiger partial charge in [-0.15, -0.1) is 10.2 Å². The molecule has 0 unspecified atom stereocenters. The lowest BCUT2D eigenvalue weighted by Crippen LogP contribution is -2.33. The highest BCUT2D eigenvalue weighted by atomic mass is 32.2. The normalized spacial score (nSPS) is 12.0. The predicted octanol–water partition coefficient (Wildman–Crippen LogP) is 3.11. The zero-order valence-electron chi connectivity index (χ0n) is 15.7. The Bertz CT molecular complexity index is 908. The van der Waals surface area contributed by atoms with Crippen LogP contribution in [0.5, 0.6) is 0 Å². The summed E-state index contributed by atoms with van der Waals surface area (Å²) in [4.78, 5) is 14.4. The molecule has 2 aromatic carbocycles. The highest BCUT2D eigenvalue weighted by molar-refractivity contribution is 8.00. The van der Waals surface area contributed by atoms with Gasteiger partial charge in [0.25, 0.3) is 0 Å². The Balaban J connectivity index is 1.67. The van der Waals surface area contributed by atoms with Crippen LogP contribution in [0.25, 0.3) is 11.4 Å². The lowest BCUT2D eigenvalue weighted by molar-refractivity contribution is -0.129. The van der Waals surface area contributed by atoms with E-state index in [1.807, 2.05) is 68.4 Å². The Hall–Kier alpha value is -2.80. The standard InChI is InChI=1S/C20H23N5OS/c1-14-9-11-17(12-10-14)18-22-23-20(25(18)21)27-15(2)19(26)24(3)13-16-7-5-4-6-8-16/h4-12,15H,13,21H2,1-3H3/t15-/m0/s1. The molecular formula is C20H23N5OS. The summed E-state index contributed by atoms with van der Waals surface area (Å²) in [5.74, 6) is 6.76. The highest BCUT2D eigenvalue weighted by Gasteiger charge is 2.22. The molecule has 1 amide bonds. The first-order chi connectivity index (χ1) is 13.0. The molecule has 27 heavy (non-hydrogen) atoms. The van der Waals surface area contributed by atoms with Crippen molar-refractivity contribution in [1.82, 2.24) is 19.8 Å². The molecule has 0 spiro atoms. The number of aryl methyl sites for hydroxylation is 1. The number of aromatic nitrogens is 3.